The molecule has 0 saturated heterocycles. The fourth-order valence-corrected chi connectivity index (χ4v) is 3.43. The van der Waals surface area contributed by atoms with E-state index in [2.05, 4.69) is 15.4 Å². The van der Waals surface area contributed by atoms with Gasteiger partial charge in [-0.05, 0) is 5.56 Å². The van der Waals surface area contributed by atoms with Crippen molar-refractivity contribution in [1.82, 2.24) is 20.0 Å². The van der Waals surface area contributed by atoms with Gasteiger partial charge in [0.05, 0.1) is 6.20 Å². The Labute approximate surface area is 146 Å². The van der Waals surface area contributed by atoms with Crippen molar-refractivity contribution >= 4 is 16.8 Å². The van der Waals surface area contributed by atoms with Crippen LogP contribution in [0.15, 0.2) is 47.7 Å². The molecule has 0 aliphatic heterocycles. The molecule has 0 fully saturated rings. The van der Waals surface area contributed by atoms with Crippen molar-refractivity contribution in [2.24, 2.45) is 12.0 Å². The molecule has 1 aromatic heterocycles. The van der Waals surface area contributed by atoms with Crippen LogP contribution in [0.3, 0.4) is 0 Å². The van der Waals surface area contributed by atoms with Crippen molar-refractivity contribution in [1.29, 1.82) is 0 Å². The summed E-state index contributed by atoms with van der Waals surface area (Å²) in [4.78, 5) is 6.30. The summed E-state index contributed by atoms with van der Waals surface area (Å²) in [5.74, 6) is 1.97. The summed E-state index contributed by atoms with van der Waals surface area (Å²) in [5, 5.41) is 7.44. The summed E-state index contributed by atoms with van der Waals surface area (Å²) in [7, 11) is 4.74. The number of aromatic nitrogens is 2. The predicted octanol–water partition coefficient (Wildman–Crippen LogP) is 1.38. The highest BCUT2D eigenvalue weighted by Crippen LogP contribution is 2.03. The lowest BCUT2D eigenvalue weighted by Gasteiger charge is -2.21. The van der Waals surface area contributed by atoms with Crippen LogP contribution in [0.5, 0.6) is 0 Å². The lowest BCUT2D eigenvalue weighted by molar-refractivity contribution is 0.479. The van der Waals surface area contributed by atoms with Gasteiger partial charge in [0.15, 0.2) is 5.96 Å². The Kier molecular flexibility index (Phi) is 6.99. The number of aryl methyl sites for hydroxylation is 1. The lowest BCUT2D eigenvalue weighted by Crippen LogP contribution is -2.40. The third-order valence-corrected chi connectivity index (χ3v) is 4.85. The van der Waals surface area contributed by atoms with E-state index in [4.69, 9.17) is 0 Å². The Morgan fingerprint density at radius 3 is 2.71 bits per heavy atom. The molecule has 0 bridgehead atoms. The first kappa shape index (κ1) is 18.2. The number of nitrogens with zero attached hydrogens (tertiary/aromatic N) is 4. The maximum absolute atomic E-state index is 12.2. The van der Waals surface area contributed by atoms with Crippen molar-refractivity contribution < 1.29 is 4.21 Å². The van der Waals surface area contributed by atoms with Gasteiger partial charge in [0.1, 0.15) is 0 Å². The molecule has 130 valence electrons. The van der Waals surface area contributed by atoms with E-state index in [-0.39, 0.29) is 0 Å². The minimum Gasteiger partial charge on any atom is -0.355 e. The third-order valence-electron chi connectivity index (χ3n) is 3.53. The number of rotatable bonds is 7. The van der Waals surface area contributed by atoms with Crippen molar-refractivity contribution in [3.05, 3.63) is 53.9 Å². The number of aliphatic imine (C=N–C) groups is 1. The first-order chi connectivity index (χ1) is 11.6. The molecular weight excluding hydrogens is 322 g/mol. The quantitative estimate of drug-likeness (QED) is 0.607. The molecule has 1 heterocycles. The van der Waals surface area contributed by atoms with Crippen LogP contribution in [0.25, 0.3) is 0 Å². The van der Waals surface area contributed by atoms with Gasteiger partial charge in [0, 0.05) is 68.3 Å². The first-order valence-electron chi connectivity index (χ1n) is 7.86. The second-order valence-electron chi connectivity index (χ2n) is 5.63. The molecule has 7 heteroatoms. The summed E-state index contributed by atoms with van der Waals surface area (Å²) >= 11 is 0. The van der Waals surface area contributed by atoms with E-state index in [0.29, 0.717) is 18.1 Å². The molecule has 1 atom stereocenters. The topological polar surface area (TPSA) is 62.5 Å². The number of hydrogen-bond acceptors (Lipinski definition) is 3. The van der Waals surface area contributed by atoms with Crippen molar-refractivity contribution in [3.8, 4) is 0 Å². The zero-order valence-corrected chi connectivity index (χ0v) is 15.3. The number of benzene rings is 1. The third kappa shape index (κ3) is 5.81. The molecule has 0 aliphatic carbocycles. The van der Waals surface area contributed by atoms with Crippen LogP contribution in [0.4, 0.5) is 0 Å². The highest BCUT2D eigenvalue weighted by molar-refractivity contribution is 7.84. The lowest BCUT2D eigenvalue weighted by atomic mass is 10.2. The zero-order valence-electron chi connectivity index (χ0n) is 14.5. The zero-order chi connectivity index (χ0) is 17.4. The molecule has 24 heavy (non-hydrogen) atoms. The van der Waals surface area contributed by atoms with E-state index in [1.807, 2.05) is 61.7 Å². The number of guanidine groups is 1. The van der Waals surface area contributed by atoms with Crippen LogP contribution < -0.4 is 5.32 Å². The molecular formula is C17H25N5OS. The summed E-state index contributed by atoms with van der Waals surface area (Å²) in [6.45, 7) is 1.35. The van der Waals surface area contributed by atoms with Gasteiger partial charge in [-0.2, -0.15) is 5.10 Å². The Morgan fingerprint density at radius 2 is 2.08 bits per heavy atom. The second-order valence-corrected chi connectivity index (χ2v) is 7.20. The highest BCUT2D eigenvalue weighted by Gasteiger charge is 2.08. The summed E-state index contributed by atoms with van der Waals surface area (Å²) in [6, 6.07) is 9.92. The van der Waals surface area contributed by atoms with Crippen LogP contribution in [0.1, 0.15) is 11.1 Å². The molecule has 1 N–H and O–H groups in total. The summed E-state index contributed by atoms with van der Waals surface area (Å²) in [6.07, 6.45) is 3.83. The molecule has 2 aromatic rings. The van der Waals surface area contributed by atoms with Gasteiger partial charge in [-0.15, -0.1) is 0 Å². The van der Waals surface area contributed by atoms with Gasteiger partial charge in [-0.1, -0.05) is 30.3 Å². The van der Waals surface area contributed by atoms with E-state index < -0.39 is 10.8 Å². The van der Waals surface area contributed by atoms with Crippen LogP contribution >= 0.6 is 0 Å². The standard InChI is InChI=1S/C17H25N5OS/c1-18-17(21(2)12-16-11-20-22(3)13-16)19-9-10-24(23)14-15-7-5-4-6-8-15/h4-8,11,13H,9-10,12,14H2,1-3H3,(H,18,19). The van der Waals surface area contributed by atoms with Gasteiger partial charge in [-0.3, -0.25) is 13.9 Å². The maximum atomic E-state index is 12.2. The first-order valence-corrected chi connectivity index (χ1v) is 9.35. The molecule has 0 radical (unpaired) electrons. The van der Waals surface area contributed by atoms with E-state index in [1.165, 1.54) is 0 Å². The molecule has 6 nitrogen and oxygen atoms in total. The largest absolute Gasteiger partial charge is 0.355 e. The Balaban J connectivity index is 1.75. The van der Waals surface area contributed by atoms with Crippen LogP contribution in [-0.2, 0) is 30.1 Å². The minimum absolute atomic E-state index is 0.590. The average Bonchev–Trinajstić information content (AvgIpc) is 2.97. The molecule has 1 unspecified atom stereocenters. The Hall–Kier alpha value is -2.15. The van der Waals surface area contributed by atoms with E-state index in [9.17, 15) is 4.21 Å². The summed E-state index contributed by atoms with van der Waals surface area (Å²) < 4.78 is 13.9. The van der Waals surface area contributed by atoms with E-state index in [0.717, 1.165) is 23.6 Å². The predicted molar refractivity (Wildman–Crippen MR) is 99.2 cm³/mol. The van der Waals surface area contributed by atoms with Gasteiger partial charge >= 0.3 is 0 Å². The fraction of sp³-hybridized carbons (Fsp3) is 0.412. The molecule has 2 rings (SSSR count). The molecule has 0 saturated carbocycles. The van der Waals surface area contributed by atoms with Gasteiger partial charge in [-0.25, -0.2) is 0 Å². The summed E-state index contributed by atoms with van der Waals surface area (Å²) in [5.41, 5.74) is 2.23. The van der Waals surface area contributed by atoms with Crippen LogP contribution in [0.2, 0.25) is 0 Å². The molecule has 0 amide bonds. The normalized spacial score (nSPS) is 12.9. The fourth-order valence-electron chi connectivity index (χ4n) is 2.40. The minimum atomic E-state index is -0.887. The average molecular weight is 347 g/mol. The van der Waals surface area contributed by atoms with Crippen LogP contribution in [0, 0.1) is 0 Å². The van der Waals surface area contributed by atoms with Crippen molar-refractivity contribution in [3.63, 3.8) is 0 Å². The van der Waals surface area contributed by atoms with Gasteiger partial charge in [0.25, 0.3) is 0 Å². The molecule has 0 aliphatic rings. The van der Waals surface area contributed by atoms with Crippen LogP contribution in [-0.4, -0.2) is 51.2 Å². The second kappa shape index (κ2) is 9.22. The van der Waals surface area contributed by atoms with E-state index >= 15 is 0 Å². The molecule has 1 aromatic carbocycles. The smallest absolute Gasteiger partial charge is 0.193 e. The highest BCUT2D eigenvalue weighted by atomic mass is 32.2. The van der Waals surface area contributed by atoms with Gasteiger partial charge in [0.2, 0.25) is 0 Å². The van der Waals surface area contributed by atoms with E-state index in [1.54, 1.807) is 11.7 Å². The number of hydrogen-bond donors (Lipinski definition) is 1. The van der Waals surface area contributed by atoms with Crippen molar-refractivity contribution in [2.45, 2.75) is 12.3 Å². The monoisotopic (exact) mass is 347 g/mol. The number of nitrogens with one attached hydrogen (secondary N) is 1. The Morgan fingerprint density at radius 1 is 1.33 bits per heavy atom. The Bertz CT molecular complexity index is 683. The van der Waals surface area contributed by atoms with Gasteiger partial charge < -0.3 is 10.2 Å². The maximum Gasteiger partial charge on any atom is 0.193 e. The van der Waals surface area contributed by atoms with Crippen molar-refractivity contribution in [2.75, 3.05) is 26.4 Å². The SMILES string of the molecule is CN=C(NCCS(=O)Cc1ccccc1)N(C)Cc1cnn(C)c1. The molecule has 0 spiro atoms.